The van der Waals surface area contributed by atoms with E-state index in [9.17, 15) is 29.1 Å². The minimum absolute atomic E-state index is 0.0279. The van der Waals surface area contributed by atoms with E-state index in [0.29, 0.717) is 0 Å². The number of halogens is 3. The highest BCUT2D eigenvalue weighted by Gasteiger charge is 2.35. The maximum absolute atomic E-state index is 13.9. The Morgan fingerprint density at radius 1 is 0.828 bits per heavy atom. The molecule has 2 aromatic rings. The van der Waals surface area contributed by atoms with Crippen molar-refractivity contribution in [1.29, 1.82) is 0 Å². The van der Waals surface area contributed by atoms with Crippen LogP contribution in [0.5, 0.6) is 0 Å². The predicted molar refractivity (Wildman–Crippen MR) is 218 cm³/mol. The summed E-state index contributed by atoms with van der Waals surface area (Å²) in [4.78, 5) is 65.3. The maximum atomic E-state index is 13.9. The molecule has 4 atom stereocenters. The van der Waals surface area contributed by atoms with Crippen LogP contribution in [0.2, 0.25) is 0 Å². The summed E-state index contributed by atoms with van der Waals surface area (Å²) in [5.74, 6) is -2.19. The molecule has 1 fully saturated rings. The Bertz CT molecular complexity index is 1570. The number of rotatable bonds is 21. The third-order valence-electron chi connectivity index (χ3n) is 8.94. The summed E-state index contributed by atoms with van der Waals surface area (Å²) in [5.41, 5.74) is 0.808. The number of amides is 3. The molecular weight excluding hydrogens is 817 g/mol. The third kappa shape index (κ3) is 20.7. The fourth-order valence-corrected chi connectivity index (χ4v) is 6.28. The monoisotopic (exact) mass is 871 g/mol. The van der Waals surface area contributed by atoms with Crippen molar-refractivity contribution in [2.45, 2.75) is 125 Å². The average Bonchev–Trinajstić information content (AvgIpc) is 3.17. The van der Waals surface area contributed by atoms with Crippen LogP contribution in [0.4, 0.5) is 9.59 Å². The minimum Gasteiger partial charge on any atom is -0.461 e. The lowest BCUT2D eigenvalue weighted by Crippen LogP contribution is -2.56. The second-order valence-corrected chi connectivity index (χ2v) is 17.7. The summed E-state index contributed by atoms with van der Waals surface area (Å²) < 4.78 is 25.3. The molecule has 0 saturated heterocycles. The molecule has 0 aromatic heterocycles. The molecule has 58 heavy (non-hydrogen) atoms. The molecule has 17 heteroatoms. The van der Waals surface area contributed by atoms with Gasteiger partial charge in [0.25, 0.3) is 0 Å². The smallest absolute Gasteiger partial charge is 0.408 e. The number of carbonyl (C=O) groups is 5. The molecule has 0 bridgehead atoms. The standard InChI is InChI=1S/C41H56Cl3N3O11/c1-40(2,3)58-39(53)47-33(26-54-24-29-16-9-5-10-17-29)36(50)46-32(22-28-14-7-4-8-15-28)35(49)37(51)57-31(23-45-38(52)56-27-41(42,43)44)20-13-21-34(48)55-25-30-18-11-6-12-19-30/h5-6,9-12,16-19,28,31-33,35,49H,4,7-8,13-15,20-27H2,1-3H3,(H,45,52)(H,46,50)(H,47,53)/t31?,32-,33+,35+/m0/s1. The number of hydrogen-bond donors (Lipinski definition) is 4. The number of ether oxygens (including phenoxy) is 5. The number of nitrogens with one attached hydrogen (secondary N) is 3. The van der Waals surface area contributed by atoms with Crippen molar-refractivity contribution in [2.75, 3.05) is 19.8 Å². The van der Waals surface area contributed by atoms with Crippen molar-refractivity contribution in [3.63, 3.8) is 0 Å². The van der Waals surface area contributed by atoms with Gasteiger partial charge in [-0.2, -0.15) is 0 Å². The zero-order valence-corrected chi connectivity index (χ0v) is 35.5. The molecule has 322 valence electrons. The molecular formula is C41H56Cl3N3O11. The first-order valence-corrected chi connectivity index (χ1v) is 20.6. The number of benzene rings is 2. The van der Waals surface area contributed by atoms with Crippen LogP contribution in [0, 0.1) is 5.92 Å². The Morgan fingerprint density at radius 2 is 1.45 bits per heavy atom. The van der Waals surface area contributed by atoms with Gasteiger partial charge in [0.1, 0.15) is 31.0 Å². The highest BCUT2D eigenvalue weighted by molar-refractivity contribution is 6.67. The SMILES string of the molecule is CC(C)(C)OC(=O)N[C@H](COCc1ccccc1)C(=O)N[C@@H](CC1CCCCC1)[C@@H](O)C(=O)OC(CCCC(=O)OCc1ccccc1)CNC(=O)OCC(Cl)(Cl)Cl. The van der Waals surface area contributed by atoms with Gasteiger partial charge in [-0.3, -0.25) is 9.59 Å². The molecule has 3 amide bonds. The summed E-state index contributed by atoms with van der Waals surface area (Å²) in [6.07, 6.45) is 0.380. The number of esters is 2. The minimum atomic E-state index is -1.86. The second kappa shape index (κ2) is 25.0. The van der Waals surface area contributed by atoms with Gasteiger partial charge >= 0.3 is 24.1 Å². The summed E-state index contributed by atoms with van der Waals surface area (Å²) in [7, 11) is 0. The molecule has 0 aliphatic heterocycles. The van der Waals surface area contributed by atoms with Gasteiger partial charge in [-0.1, -0.05) is 128 Å². The molecule has 3 rings (SSSR count). The molecule has 2 aromatic carbocycles. The number of aliphatic hydroxyl groups is 1. The second-order valence-electron chi connectivity index (χ2n) is 15.2. The van der Waals surface area contributed by atoms with Crippen LogP contribution in [-0.2, 0) is 51.3 Å². The largest absolute Gasteiger partial charge is 0.461 e. The van der Waals surface area contributed by atoms with E-state index in [-0.39, 0.29) is 58.0 Å². The van der Waals surface area contributed by atoms with Crippen molar-refractivity contribution in [2.24, 2.45) is 5.92 Å². The van der Waals surface area contributed by atoms with Gasteiger partial charge in [-0.05, 0) is 57.1 Å². The zero-order chi connectivity index (χ0) is 42.6. The van der Waals surface area contributed by atoms with Crippen LogP contribution in [0.3, 0.4) is 0 Å². The molecule has 0 heterocycles. The average molecular weight is 873 g/mol. The number of carbonyl (C=O) groups excluding carboxylic acids is 5. The van der Waals surface area contributed by atoms with Gasteiger partial charge in [-0.25, -0.2) is 14.4 Å². The Kier molecular flexibility index (Phi) is 20.9. The Labute approximate surface area is 355 Å². The first kappa shape index (κ1) is 48.5. The van der Waals surface area contributed by atoms with Gasteiger partial charge in [0, 0.05) is 6.42 Å². The van der Waals surface area contributed by atoms with Gasteiger partial charge in [0.05, 0.1) is 25.8 Å². The van der Waals surface area contributed by atoms with Gasteiger partial charge in [0.15, 0.2) is 6.10 Å². The lowest BCUT2D eigenvalue weighted by Gasteiger charge is -2.31. The van der Waals surface area contributed by atoms with E-state index in [4.69, 9.17) is 58.5 Å². The first-order valence-electron chi connectivity index (χ1n) is 19.4. The van der Waals surface area contributed by atoms with Crippen LogP contribution in [-0.4, -0.2) is 88.6 Å². The lowest BCUT2D eigenvalue weighted by atomic mass is 9.83. The topological polar surface area (TPSA) is 188 Å². The molecule has 0 spiro atoms. The Balaban J connectivity index is 1.73. The van der Waals surface area contributed by atoms with E-state index in [0.717, 1.165) is 43.2 Å². The number of aliphatic hydroxyl groups excluding tert-OH is 1. The van der Waals surface area contributed by atoms with Crippen LogP contribution in [0.25, 0.3) is 0 Å². The van der Waals surface area contributed by atoms with Crippen LogP contribution >= 0.6 is 34.8 Å². The van der Waals surface area contributed by atoms with E-state index in [2.05, 4.69) is 16.0 Å². The summed E-state index contributed by atoms with van der Waals surface area (Å²) >= 11 is 17.0. The molecule has 1 aliphatic carbocycles. The summed E-state index contributed by atoms with van der Waals surface area (Å²) in [6, 6.07) is 16.0. The van der Waals surface area contributed by atoms with Crippen molar-refractivity contribution >= 4 is 64.8 Å². The number of hydrogen-bond acceptors (Lipinski definition) is 11. The Morgan fingerprint density at radius 3 is 2.05 bits per heavy atom. The highest BCUT2D eigenvalue weighted by Crippen LogP contribution is 2.29. The Hall–Kier alpha value is -3.82. The third-order valence-corrected chi connectivity index (χ3v) is 9.27. The van der Waals surface area contributed by atoms with E-state index >= 15 is 0 Å². The highest BCUT2D eigenvalue weighted by atomic mass is 35.6. The fraction of sp³-hybridized carbons (Fsp3) is 0.585. The fourth-order valence-electron chi connectivity index (χ4n) is 6.11. The molecule has 1 unspecified atom stereocenters. The first-order chi connectivity index (χ1) is 27.5. The van der Waals surface area contributed by atoms with Crippen molar-refractivity contribution in [3.05, 3.63) is 71.8 Å². The van der Waals surface area contributed by atoms with Gasteiger partial charge in [-0.15, -0.1) is 0 Å². The van der Waals surface area contributed by atoms with Crippen molar-refractivity contribution in [3.8, 4) is 0 Å². The predicted octanol–water partition coefficient (Wildman–Crippen LogP) is 6.83. The normalized spacial score (nSPS) is 15.5. The molecule has 1 saturated carbocycles. The van der Waals surface area contributed by atoms with Crippen LogP contribution < -0.4 is 16.0 Å². The quantitative estimate of drug-likeness (QED) is 0.0585. The van der Waals surface area contributed by atoms with Crippen LogP contribution in [0.1, 0.15) is 89.7 Å². The summed E-state index contributed by atoms with van der Waals surface area (Å²) in [5, 5.41) is 19.3. The molecule has 14 nitrogen and oxygen atoms in total. The van der Waals surface area contributed by atoms with E-state index < -0.39 is 70.3 Å². The van der Waals surface area contributed by atoms with E-state index in [1.165, 1.54) is 0 Å². The maximum Gasteiger partial charge on any atom is 0.408 e. The van der Waals surface area contributed by atoms with E-state index in [1.807, 2.05) is 60.7 Å². The molecule has 1 aliphatic rings. The van der Waals surface area contributed by atoms with Gasteiger partial charge in [0.2, 0.25) is 9.70 Å². The summed E-state index contributed by atoms with van der Waals surface area (Å²) in [6.45, 7) is 4.21. The van der Waals surface area contributed by atoms with Crippen molar-refractivity contribution < 1.29 is 52.8 Å². The van der Waals surface area contributed by atoms with Gasteiger partial charge < -0.3 is 44.7 Å². The molecule has 0 radical (unpaired) electrons. The van der Waals surface area contributed by atoms with Crippen LogP contribution in [0.15, 0.2) is 60.7 Å². The van der Waals surface area contributed by atoms with E-state index in [1.54, 1.807) is 20.8 Å². The number of alkyl carbamates (subject to hydrolysis) is 2. The molecule has 4 N–H and O–H groups in total. The number of alkyl halides is 3. The lowest BCUT2D eigenvalue weighted by molar-refractivity contribution is -0.161. The zero-order valence-electron chi connectivity index (χ0n) is 33.2. The van der Waals surface area contributed by atoms with Crippen molar-refractivity contribution in [1.82, 2.24) is 16.0 Å².